The molecule has 0 radical (unpaired) electrons. The number of rotatable bonds is 5. The second-order valence-corrected chi connectivity index (χ2v) is 7.00. The molecule has 2 N–H and O–H groups in total. The van der Waals surface area contributed by atoms with E-state index < -0.39 is 0 Å². The second kappa shape index (κ2) is 7.29. The Kier molecular flexibility index (Phi) is 4.71. The van der Waals surface area contributed by atoms with Gasteiger partial charge in [-0.1, -0.05) is 30.0 Å². The van der Waals surface area contributed by atoms with Crippen LogP contribution in [0.1, 0.15) is 18.5 Å². The molecule has 3 aromatic rings. The Morgan fingerprint density at radius 2 is 2.04 bits per heavy atom. The molecule has 1 aromatic heterocycles. The van der Waals surface area contributed by atoms with Crippen molar-refractivity contribution < 1.29 is 14.3 Å². The first kappa shape index (κ1) is 16.8. The highest BCUT2D eigenvalue weighted by Gasteiger charge is 2.16. The van der Waals surface area contributed by atoms with Crippen LogP contribution in [0, 0.1) is 0 Å². The molecular formula is C19H19N3O3S. The third-order valence-corrected chi connectivity index (χ3v) is 5.02. The van der Waals surface area contributed by atoms with Gasteiger partial charge in [-0.05, 0) is 36.8 Å². The van der Waals surface area contributed by atoms with Crippen LogP contribution in [0.5, 0.6) is 11.5 Å². The normalized spacial score (nSPS) is 14.2. The number of H-pyrrole nitrogens is 1. The van der Waals surface area contributed by atoms with E-state index in [2.05, 4.69) is 15.3 Å². The van der Waals surface area contributed by atoms with E-state index in [1.54, 1.807) is 0 Å². The molecule has 0 saturated carbocycles. The van der Waals surface area contributed by atoms with E-state index in [4.69, 9.17) is 9.47 Å². The summed E-state index contributed by atoms with van der Waals surface area (Å²) < 4.78 is 11.1. The Balaban J connectivity index is 1.35. The number of nitrogens with zero attached hydrogens (tertiary/aromatic N) is 1. The molecule has 0 unspecified atom stereocenters. The fourth-order valence-corrected chi connectivity index (χ4v) is 3.52. The quantitative estimate of drug-likeness (QED) is 0.675. The van der Waals surface area contributed by atoms with Crippen LogP contribution in [0.25, 0.3) is 11.0 Å². The van der Waals surface area contributed by atoms with Gasteiger partial charge < -0.3 is 19.8 Å². The number of aromatic nitrogens is 2. The van der Waals surface area contributed by atoms with Gasteiger partial charge in [-0.2, -0.15) is 0 Å². The van der Waals surface area contributed by atoms with Crippen molar-refractivity contribution in [3.05, 3.63) is 48.0 Å². The van der Waals surface area contributed by atoms with Gasteiger partial charge in [0.15, 0.2) is 16.7 Å². The van der Waals surface area contributed by atoms with E-state index in [0.717, 1.165) is 33.3 Å². The van der Waals surface area contributed by atoms with Crippen molar-refractivity contribution in [1.29, 1.82) is 0 Å². The van der Waals surface area contributed by atoms with Crippen molar-refractivity contribution in [3.8, 4) is 11.5 Å². The van der Waals surface area contributed by atoms with Gasteiger partial charge in [0.25, 0.3) is 0 Å². The van der Waals surface area contributed by atoms with Gasteiger partial charge >= 0.3 is 0 Å². The third kappa shape index (κ3) is 3.62. The lowest BCUT2D eigenvalue weighted by Gasteiger charge is -2.21. The van der Waals surface area contributed by atoms with Gasteiger partial charge in [0, 0.05) is 0 Å². The Labute approximate surface area is 155 Å². The molecule has 0 fully saturated rings. The highest BCUT2D eigenvalue weighted by atomic mass is 32.2. The number of carbonyl (C=O) groups excluding carboxylic acids is 1. The number of aromatic amines is 1. The van der Waals surface area contributed by atoms with Crippen LogP contribution in [-0.2, 0) is 4.79 Å². The van der Waals surface area contributed by atoms with Crippen molar-refractivity contribution in [3.63, 3.8) is 0 Å². The number of hydrogen-bond donors (Lipinski definition) is 2. The third-order valence-electron chi connectivity index (χ3n) is 4.15. The summed E-state index contributed by atoms with van der Waals surface area (Å²) in [5.41, 5.74) is 2.86. The van der Waals surface area contributed by atoms with Crippen LogP contribution >= 0.6 is 11.8 Å². The number of benzene rings is 2. The summed E-state index contributed by atoms with van der Waals surface area (Å²) in [5, 5.41) is 3.75. The fraction of sp³-hybridized carbons (Fsp3) is 0.263. The minimum Gasteiger partial charge on any atom is -0.486 e. The molecule has 0 aliphatic carbocycles. The van der Waals surface area contributed by atoms with Crippen molar-refractivity contribution in [2.24, 2.45) is 0 Å². The van der Waals surface area contributed by atoms with Crippen LogP contribution in [0.3, 0.4) is 0 Å². The van der Waals surface area contributed by atoms with Crippen LogP contribution < -0.4 is 14.8 Å². The SMILES string of the molecule is C[C@H](NC(=O)CSc1nc2ccccc2[nH]1)c1ccc2c(c1)OCCO2. The van der Waals surface area contributed by atoms with E-state index in [1.165, 1.54) is 11.8 Å². The topological polar surface area (TPSA) is 76.2 Å². The molecule has 0 saturated heterocycles. The summed E-state index contributed by atoms with van der Waals surface area (Å²) in [6.07, 6.45) is 0. The zero-order valence-electron chi connectivity index (χ0n) is 14.3. The first-order valence-corrected chi connectivity index (χ1v) is 9.44. The Hall–Kier alpha value is -2.67. The molecule has 1 aliphatic rings. The standard InChI is InChI=1S/C19H19N3O3S/c1-12(13-6-7-16-17(10-13)25-9-8-24-16)20-18(23)11-26-19-21-14-4-2-3-5-15(14)22-19/h2-7,10,12H,8-9,11H2,1H3,(H,20,23)(H,21,22)/t12-/m0/s1. The van der Waals surface area contributed by atoms with Gasteiger partial charge in [0.2, 0.25) is 5.91 Å². The molecule has 7 heteroatoms. The van der Waals surface area contributed by atoms with E-state index in [0.29, 0.717) is 19.0 Å². The monoisotopic (exact) mass is 369 g/mol. The van der Waals surface area contributed by atoms with Crippen LogP contribution in [0.2, 0.25) is 0 Å². The molecule has 1 aliphatic heterocycles. The predicted molar refractivity (Wildman–Crippen MR) is 101 cm³/mol. The maximum Gasteiger partial charge on any atom is 0.230 e. The van der Waals surface area contributed by atoms with Crippen LogP contribution in [-0.4, -0.2) is 34.8 Å². The molecule has 0 bridgehead atoms. The maximum absolute atomic E-state index is 12.3. The van der Waals surface area contributed by atoms with Crippen molar-refractivity contribution in [2.45, 2.75) is 18.1 Å². The second-order valence-electron chi connectivity index (χ2n) is 6.04. The first-order valence-electron chi connectivity index (χ1n) is 8.45. The molecule has 1 amide bonds. The largest absolute Gasteiger partial charge is 0.486 e. The summed E-state index contributed by atoms with van der Waals surface area (Å²) >= 11 is 1.39. The number of carbonyl (C=O) groups is 1. The number of amides is 1. The van der Waals surface area contributed by atoms with E-state index in [-0.39, 0.29) is 11.9 Å². The minimum absolute atomic E-state index is 0.0437. The van der Waals surface area contributed by atoms with E-state index >= 15 is 0 Å². The lowest BCUT2D eigenvalue weighted by Crippen LogP contribution is -2.28. The van der Waals surface area contributed by atoms with Crippen molar-refractivity contribution >= 4 is 28.7 Å². The number of ether oxygens (including phenoxy) is 2. The number of nitrogens with one attached hydrogen (secondary N) is 2. The average molecular weight is 369 g/mol. The molecule has 134 valence electrons. The minimum atomic E-state index is -0.116. The Morgan fingerprint density at radius 3 is 2.88 bits per heavy atom. The summed E-state index contributed by atoms with van der Waals surface area (Å²) in [4.78, 5) is 20.0. The molecule has 26 heavy (non-hydrogen) atoms. The predicted octanol–water partition coefficient (Wildman–Crippen LogP) is 3.30. The molecule has 6 nitrogen and oxygen atoms in total. The van der Waals surface area contributed by atoms with Gasteiger partial charge in [-0.15, -0.1) is 0 Å². The van der Waals surface area contributed by atoms with E-state index in [9.17, 15) is 4.79 Å². The smallest absolute Gasteiger partial charge is 0.230 e. The molecule has 2 aromatic carbocycles. The summed E-state index contributed by atoms with van der Waals surface area (Å²) in [6, 6.07) is 13.5. The molecule has 2 heterocycles. The zero-order valence-corrected chi connectivity index (χ0v) is 15.1. The zero-order chi connectivity index (χ0) is 17.9. The first-order chi connectivity index (χ1) is 12.7. The number of imidazole rings is 1. The van der Waals surface area contributed by atoms with Gasteiger partial charge in [0.1, 0.15) is 13.2 Å². The number of para-hydroxylation sites is 2. The Bertz CT molecular complexity index is 908. The van der Waals surface area contributed by atoms with Gasteiger partial charge in [0.05, 0.1) is 22.8 Å². The van der Waals surface area contributed by atoms with Crippen molar-refractivity contribution in [2.75, 3.05) is 19.0 Å². The van der Waals surface area contributed by atoms with Crippen molar-refractivity contribution in [1.82, 2.24) is 15.3 Å². The highest BCUT2D eigenvalue weighted by Crippen LogP contribution is 2.32. The molecule has 0 spiro atoms. The van der Waals surface area contributed by atoms with Gasteiger partial charge in [-0.3, -0.25) is 4.79 Å². The maximum atomic E-state index is 12.3. The highest BCUT2D eigenvalue weighted by molar-refractivity contribution is 7.99. The number of hydrogen-bond acceptors (Lipinski definition) is 5. The molecule has 1 atom stereocenters. The average Bonchev–Trinajstić information content (AvgIpc) is 3.09. The fourth-order valence-electron chi connectivity index (χ4n) is 2.83. The van der Waals surface area contributed by atoms with Gasteiger partial charge in [-0.25, -0.2) is 4.98 Å². The Morgan fingerprint density at radius 1 is 1.23 bits per heavy atom. The summed E-state index contributed by atoms with van der Waals surface area (Å²) in [6.45, 7) is 3.07. The lowest BCUT2D eigenvalue weighted by atomic mass is 10.1. The van der Waals surface area contributed by atoms with Crippen LogP contribution in [0.15, 0.2) is 47.6 Å². The lowest BCUT2D eigenvalue weighted by molar-refractivity contribution is -0.119. The van der Waals surface area contributed by atoms with E-state index in [1.807, 2.05) is 49.4 Å². The molecular weight excluding hydrogens is 350 g/mol. The molecule has 4 rings (SSSR count). The number of fused-ring (bicyclic) bond motifs is 2. The number of thioether (sulfide) groups is 1. The summed E-state index contributed by atoms with van der Waals surface area (Å²) in [5.74, 6) is 1.73. The van der Waals surface area contributed by atoms with Crippen LogP contribution in [0.4, 0.5) is 0 Å². The summed E-state index contributed by atoms with van der Waals surface area (Å²) in [7, 11) is 0.